The summed E-state index contributed by atoms with van der Waals surface area (Å²) in [5.74, 6) is 0.700. The van der Waals surface area contributed by atoms with Crippen LogP contribution in [0.5, 0.6) is 5.75 Å². The Morgan fingerprint density at radius 3 is 2.71 bits per heavy atom. The first-order chi connectivity index (χ1) is 6.72. The molecule has 0 spiro atoms. The quantitative estimate of drug-likeness (QED) is 0.858. The molecule has 1 N–H and O–H groups in total. The molecule has 0 saturated carbocycles. The molecule has 1 aromatic rings. The highest BCUT2D eigenvalue weighted by molar-refractivity contribution is 9.08. The number of hydrogen-bond donors (Lipinski definition) is 1. The van der Waals surface area contributed by atoms with Crippen molar-refractivity contribution >= 4 is 27.5 Å². The minimum absolute atomic E-state index is 0.0262. The largest absolute Gasteiger partial charge is 0.494 e. The van der Waals surface area contributed by atoms with Crippen LogP contribution in [0.2, 0.25) is 5.02 Å². The number of alkyl halides is 1. The van der Waals surface area contributed by atoms with E-state index >= 15 is 0 Å². The number of rotatable bonds is 4. The standard InChI is InChI=1S/C10H12BrClO2/c1-2-14-8-3-7(6-13)9(5-11)10(12)4-8/h3-4,13H,2,5-6H2,1H3. The maximum atomic E-state index is 9.13. The van der Waals surface area contributed by atoms with Gasteiger partial charge in [0, 0.05) is 10.4 Å². The van der Waals surface area contributed by atoms with Gasteiger partial charge < -0.3 is 9.84 Å². The van der Waals surface area contributed by atoms with Crippen LogP contribution in [0.4, 0.5) is 0 Å². The maximum absolute atomic E-state index is 9.13. The van der Waals surface area contributed by atoms with Crippen molar-refractivity contribution in [3.8, 4) is 5.75 Å². The van der Waals surface area contributed by atoms with E-state index in [-0.39, 0.29) is 6.61 Å². The van der Waals surface area contributed by atoms with Crippen molar-refractivity contribution in [2.24, 2.45) is 0 Å². The monoisotopic (exact) mass is 278 g/mol. The van der Waals surface area contributed by atoms with Crippen LogP contribution in [0.1, 0.15) is 18.1 Å². The molecule has 0 aromatic heterocycles. The van der Waals surface area contributed by atoms with E-state index in [1.807, 2.05) is 13.0 Å². The lowest BCUT2D eigenvalue weighted by Gasteiger charge is -2.10. The van der Waals surface area contributed by atoms with Gasteiger partial charge in [0.1, 0.15) is 5.75 Å². The Kier molecular flexibility index (Phi) is 4.72. The summed E-state index contributed by atoms with van der Waals surface area (Å²) < 4.78 is 5.32. The molecule has 0 aliphatic heterocycles. The van der Waals surface area contributed by atoms with Gasteiger partial charge in [0.2, 0.25) is 0 Å². The van der Waals surface area contributed by atoms with Crippen LogP contribution in [-0.2, 0) is 11.9 Å². The lowest BCUT2D eigenvalue weighted by Crippen LogP contribution is -1.97. The van der Waals surface area contributed by atoms with Crippen molar-refractivity contribution in [2.45, 2.75) is 18.9 Å². The number of benzene rings is 1. The Morgan fingerprint density at radius 1 is 1.50 bits per heavy atom. The van der Waals surface area contributed by atoms with Gasteiger partial charge in [-0.3, -0.25) is 0 Å². The van der Waals surface area contributed by atoms with E-state index in [0.717, 1.165) is 11.1 Å². The molecule has 2 nitrogen and oxygen atoms in total. The first-order valence-electron chi connectivity index (χ1n) is 4.33. The van der Waals surface area contributed by atoms with Crippen LogP contribution < -0.4 is 4.74 Å². The fraction of sp³-hybridized carbons (Fsp3) is 0.400. The molecule has 1 aromatic carbocycles. The third kappa shape index (κ3) is 2.62. The van der Waals surface area contributed by atoms with E-state index in [4.69, 9.17) is 21.4 Å². The summed E-state index contributed by atoms with van der Waals surface area (Å²) in [6.45, 7) is 2.47. The number of hydrogen-bond acceptors (Lipinski definition) is 2. The molecule has 0 aliphatic rings. The Bertz CT molecular complexity index is 315. The summed E-state index contributed by atoms with van der Waals surface area (Å²) >= 11 is 9.36. The zero-order valence-electron chi connectivity index (χ0n) is 7.89. The zero-order valence-corrected chi connectivity index (χ0v) is 10.2. The molecule has 0 saturated heterocycles. The van der Waals surface area contributed by atoms with E-state index in [1.165, 1.54) is 0 Å². The van der Waals surface area contributed by atoms with Crippen LogP contribution in [0.25, 0.3) is 0 Å². The zero-order chi connectivity index (χ0) is 10.6. The lowest BCUT2D eigenvalue weighted by molar-refractivity contribution is 0.279. The molecular weight excluding hydrogens is 267 g/mol. The Morgan fingerprint density at radius 2 is 2.21 bits per heavy atom. The molecule has 1 rings (SSSR count). The molecule has 0 bridgehead atoms. The van der Waals surface area contributed by atoms with E-state index in [1.54, 1.807) is 6.07 Å². The van der Waals surface area contributed by atoms with Crippen molar-refractivity contribution < 1.29 is 9.84 Å². The molecule has 0 radical (unpaired) electrons. The summed E-state index contributed by atoms with van der Waals surface area (Å²) in [5.41, 5.74) is 1.72. The summed E-state index contributed by atoms with van der Waals surface area (Å²) in [6.07, 6.45) is 0. The van der Waals surface area contributed by atoms with Gasteiger partial charge in [-0.2, -0.15) is 0 Å². The van der Waals surface area contributed by atoms with Gasteiger partial charge in [-0.15, -0.1) is 0 Å². The highest BCUT2D eigenvalue weighted by atomic mass is 79.9. The predicted molar refractivity (Wildman–Crippen MR) is 61.2 cm³/mol. The van der Waals surface area contributed by atoms with Gasteiger partial charge in [-0.25, -0.2) is 0 Å². The molecule has 0 heterocycles. The fourth-order valence-electron chi connectivity index (χ4n) is 1.21. The van der Waals surface area contributed by atoms with Gasteiger partial charge in [-0.1, -0.05) is 27.5 Å². The normalized spacial score (nSPS) is 10.3. The molecule has 0 atom stereocenters. The first-order valence-corrected chi connectivity index (χ1v) is 5.83. The average Bonchev–Trinajstić information content (AvgIpc) is 2.17. The molecule has 0 unspecified atom stereocenters. The minimum atomic E-state index is -0.0262. The van der Waals surface area contributed by atoms with Gasteiger partial charge in [0.05, 0.1) is 13.2 Å². The summed E-state index contributed by atoms with van der Waals surface area (Å²) in [7, 11) is 0. The van der Waals surface area contributed by atoms with Gasteiger partial charge in [0.25, 0.3) is 0 Å². The number of aliphatic hydroxyl groups is 1. The smallest absolute Gasteiger partial charge is 0.121 e. The number of aliphatic hydroxyl groups excluding tert-OH is 1. The third-order valence-electron chi connectivity index (χ3n) is 1.88. The third-order valence-corrected chi connectivity index (χ3v) is 2.77. The van der Waals surface area contributed by atoms with E-state index in [2.05, 4.69) is 15.9 Å². The van der Waals surface area contributed by atoms with Crippen LogP contribution in [-0.4, -0.2) is 11.7 Å². The minimum Gasteiger partial charge on any atom is -0.494 e. The average molecular weight is 280 g/mol. The molecule has 0 aliphatic carbocycles. The second kappa shape index (κ2) is 5.59. The van der Waals surface area contributed by atoms with E-state index < -0.39 is 0 Å². The van der Waals surface area contributed by atoms with Gasteiger partial charge in [0.15, 0.2) is 0 Å². The van der Waals surface area contributed by atoms with Crippen LogP contribution >= 0.6 is 27.5 Å². The second-order valence-electron chi connectivity index (χ2n) is 2.77. The topological polar surface area (TPSA) is 29.5 Å². The molecule has 4 heteroatoms. The van der Waals surface area contributed by atoms with Gasteiger partial charge >= 0.3 is 0 Å². The predicted octanol–water partition coefficient (Wildman–Crippen LogP) is 3.13. The van der Waals surface area contributed by atoms with Crippen molar-refractivity contribution in [1.29, 1.82) is 0 Å². The van der Waals surface area contributed by atoms with Crippen molar-refractivity contribution in [2.75, 3.05) is 6.61 Å². The first kappa shape index (κ1) is 11.8. The molecule has 0 fully saturated rings. The number of ether oxygens (including phenoxy) is 1. The van der Waals surface area contributed by atoms with E-state index in [0.29, 0.717) is 22.7 Å². The number of halogens is 2. The Balaban J connectivity index is 3.10. The fourth-order valence-corrected chi connectivity index (χ4v) is 2.33. The Hall–Kier alpha value is -0.250. The molecular formula is C10H12BrClO2. The molecule has 14 heavy (non-hydrogen) atoms. The summed E-state index contributed by atoms with van der Waals surface area (Å²) in [4.78, 5) is 0. The molecule has 78 valence electrons. The van der Waals surface area contributed by atoms with Crippen LogP contribution in [0.3, 0.4) is 0 Å². The van der Waals surface area contributed by atoms with Crippen molar-refractivity contribution in [3.63, 3.8) is 0 Å². The van der Waals surface area contributed by atoms with Crippen LogP contribution in [0, 0.1) is 0 Å². The highest BCUT2D eigenvalue weighted by Crippen LogP contribution is 2.28. The summed E-state index contributed by atoms with van der Waals surface area (Å²) in [5, 5.41) is 10.4. The van der Waals surface area contributed by atoms with Crippen LogP contribution in [0.15, 0.2) is 12.1 Å². The maximum Gasteiger partial charge on any atom is 0.121 e. The lowest BCUT2D eigenvalue weighted by atomic mass is 10.1. The Labute approximate surface area is 97.0 Å². The van der Waals surface area contributed by atoms with Gasteiger partial charge in [-0.05, 0) is 30.2 Å². The van der Waals surface area contributed by atoms with E-state index in [9.17, 15) is 0 Å². The second-order valence-corrected chi connectivity index (χ2v) is 3.74. The van der Waals surface area contributed by atoms with Crippen molar-refractivity contribution in [3.05, 3.63) is 28.3 Å². The highest BCUT2D eigenvalue weighted by Gasteiger charge is 2.08. The SMILES string of the molecule is CCOc1cc(Cl)c(CBr)c(CO)c1. The summed E-state index contributed by atoms with van der Waals surface area (Å²) in [6, 6.07) is 3.58. The van der Waals surface area contributed by atoms with Crippen molar-refractivity contribution in [1.82, 2.24) is 0 Å². The molecule has 0 amide bonds.